The van der Waals surface area contributed by atoms with Gasteiger partial charge in [-0.3, -0.25) is 4.90 Å². The molecule has 0 aromatic carbocycles. The molecule has 0 spiro atoms. The third-order valence-corrected chi connectivity index (χ3v) is 2.83. The molecule has 0 amide bonds. The highest BCUT2D eigenvalue weighted by Crippen LogP contribution is 2.38. The zero-order chi connectivity index (χ0) is 12.1. The van der Waals surface area contributed by atoms with Gasteiger partial charge >= 0.3 is 0 Å². The zero-order valence-corrected chi connectivity index (χ0v) is 9.88. The van der Waals surface area contributed by atoms with Crippen molar-refractivity contribution < 1.29 is 14.7 Å². The Kier molecular flexibility index (Phi) is 4.47. The van der Waals surface area contributed by atoms with Crippen molar-refractivity contribution >= 4 is 0 Å². The van der Waals surface area contributed by atoms with Gasteiger partial charge in [0.2, 0.25) is 5.89 Å². The molecule has 17 heavy (non-hydrogen) atoms. The second kappa shape index (κ2) is 6.09. The van der Waals surface area contributed by atoms with E-state index in [-0.39, 0.29) is 13.2 Å². The first-order valence-corrected chi connectivity index (χ1v) is 6.10. The van der Waals surface area contributed by atoms with Gasteiger partial charge in [-0.05, 0) is 19.3 Å². The lowest BCUT2D eigenvalue weighted by Crippen LogP contribution is -2.28. The van der Waals surface area contributed by atoms with Gasteiger partial charge in [-0.1, -0.05) is 5.16 Å². The topological polar surface area (TPSA) is 82.6 Å². The molecule has 0 bridgehead atoms. The minimum Gasteiger partial charge on any atom is -0.396 e. The third-order valence-electron chi connectivity index (χ3n) is 2.83. The molecule has 6 heteroatoms. The van der Waals surface area contributed by atoms with Crippen molar-refractivity contribution in [1.29, 1.82) is 0 Å². The number of rotatable bonds is 8. The first-order valence-electron chi connectivity index (χ1n) is 6.10. The minimum absolute atomic E-state index is 0.0923. The molecule has 6 nitrogen and oxygen atoms in total. The van der Waals surface area contributed by atoms with Gasteiger partial charge in [0.15, 0.2) is 5.82 Å². The summed E-state index contributed by atoms with van der Waals surface area (Å²) in [6, 6.07) is 0. The Hall–Kier alpha value is -0.980. The summed E-state index contributed by atoms with van der Waals surface area (Å²) in [6.07, 6.45) is 3.00. The van der Waals surface area contributed by atoms with Crippen LogP contribution in [0.1, 0.15) is 36.9 Å². The lowest BCUT2D eigenvalue weighted by Gasteiger charge is -2.18. The van der Waals surface area contributed by atoms with Crippen LogP contribution < -0.4 is 0 Å². The summed E-state index contributed by atoms with van der Waals surface area (Å²) >= 11 is 0. The number of aromatic nitrogens is 2. The van der Waals surface area contributed by atoms with Crippen LogP contribution in [0.2, 0.25) is 0 Å². The number of hydrogen-bond acceptors (Lipinski definition) is 6. The molecule has 0 atom stereocenters. The van der Waals surface area contributed by atoms with Crippen molar-refractivity contribution in [3.8, 4) is 0 Å². The van der Waals surface area contributed by atoms with Crippen molar-refractivity contribution in [1.82, 2.24) is 15.0 Å². The Balaban J connectivity index is 1.85. The molecule has 1 aliphatic rings. The molecule has 1 fully saturated rings. The molecule has 1 aromatic heterocycles. The van der Waals surface area contributed by atoms with Gasteiger partial charge in [0.25, 0.3) is 0 Å². The molecule has 0 aliphatic heterocycles. The van der Waals surface area contributed by atoms with Gasteiger partial charge in [-0.2, -0.15) is 4.98 Å². The molecular formula is C11H19N3O3. The van der Waals surface area contributed by atoms with Crippen molar-refractivity contribution in [3.63, 3.8) is 0 Å². The van der Waals surface area contributed by atoms with Crippen LogP contribution in [-0.2, 0) is 6.54 Å². The van der Waals surface area contributed by atoms with E-state index in [1.165, 1.54) is 0 Å². The third kappa shape index (κ3) is 3.76. The van der Waals surface area contributed by atoms with E-state index in [0.717, 1.165) is 25.2 Å². The molecule has 0 radical (unpaired) electrons. The first-order chi connectivity index (χ1) is 8.33. The van der Waals surface area contributed by atoms with E-state index in [4.69, 9.17) is 14.7 Å². The maximum absolute atomic E-state index is 8.95. The molecule has 1 heterocycles. The molecule has 96 valence electrons. The van der Waals surface area contributed by atoms with Crippen molar-refractivity contribution in [2.24, 2.45) is 0 Å². The van der Waals surface area contributed by atoms with Crippen LogP contribution in [0.25, 0.3) is 0 Å². The van der Waals surface area contributed by atoms with E-state index in [1.807, 2.05) is 4.90 Å². The van der Waals surface area contributed by atoms with Crippen LogP contribution in [0.5, 0.6) is 0 Å². The number of hydrogen-bond donors (Lipinski definition) is 2. The Morgan fingerprint density at radius 3 is 2.71 bits per heavy atom. The van der Waals surface area contributed by atoms with E-state index in [2.05, 4.69) is 10.1 Å². The van der Waals surface area contributed by atoms with Gasteiger partial charge in [0.1, 0.15) is 0 Å². The monoisotopic (exact) mass is 241 g/mol. The fourth-order valence-electron chi connectivity index (χ4n) is 1.74. The number of aliphatic hydroxyl groups excluding tert-OH is 2. The van der Waals surface area contributed by atoms with Crippen LogP contribution in [0.4, 0.5) is 0 Å². The molecule has 2 N–H and O–H groups in total. The van der Waals surface area contributed by atoms with E-state index in [1.54, 1.807) is 0 Å². The normalized spacial score (nSPS) is 15.7. The predicted molar refractivity (Wildman–Crippen MR) is 60.3 cm³/mol. The molecule has 0 saturated heterocycles. The van der Waals surface area contributed by atoms with Gasteiger partial charge in [-0.25, -0.2) is 0 Å². The Morgan fingerprint density at radius 1 is 1.24 bits per heavy atom. The zero-order valence-electron chi connectivity index (χ0n) is 9.88. The fraction of sp³-hybridized carbons (Fsp3) is 0.818. The second-order valence-corrected chi connectivity index (χ2v) is 4.40. The molecule has 2 rings (SSSR count). The smallest absolute Gasteiger partial charge is 0.240 e. The Bertz CT molecular complexity index is 338. The summed E-state index contributed by atoms with van der Waals surface area (Å²) in [4.78, 5) is 6.34. The lowest BCUT2D eigenvalue weighted by molar-refractivity contribution is 0.160. The first kappa shape index (κ1) is 12.5. The van der Waals surface area contributed by atoms with Crippen LogP contribution >= 0.6 is 0 Å². The largest absolute Gasteiger partial charge is 0.396 e. The molecule has 1 aliphatic carbocycles. The van der Waals surface area contributed by atoms with E-state index < -0.39 is 0 Å². The van der Waals surface area contributed by atoms with E-state index in [0.29, 0.717) is 31.3 Å². The second-order valence-electron chi connectivity index (χ2n) is 4.40. The minimum atomic E-state index is 0.0923. The predicted octanol–water partition coefficient (Wildman–Crippen LogP) is 0.124. The van der Waals surface area contributed by atoms with Gasteiger partial charge in [0, 0.05) is 25.6 Å². The Morgan fingerprint density at radius 2 is 2.06 bits per heavy atom. The van der Waals surface area contributed by atoms with Gasteiger partial charge in [0.05, 0.1) is 13.2 Å². The average Bonchev–Trinajstić information content (AvgIpc) is 3.08. The molecule has 1 saturated carbocycles. The summed E-state index contributed by atoms with van der Waals surface area (Å²) in [5, 5.41) is 21.7. The number of nitrogens with zero attached hydrogens (tertiary/aromatic N) is 3. The SMILES string of the molecule is OCCCN(CCO)Cc1nc(C2CC2)no1. The number of aliphatic hydroxyl groups is 2. The quantitative estimate of drug-likeness (QED) is 0.673. The average molecular weight is 241 g/mol. The summed E-state index contributed by atoms with van der Waals surface area (Å²) in [5.41, 5.74) is 0. The highest BCUT2D eigenvalue weighted by Gasteiger charge is 2.28. The van der Waals surface area contributed by atoms with Crippen molar-refractivity contribution in [3.05, 3.63) is 11.7 Å². The lowest BCUT2D eigenvalue weighted by atomic mass is 10.3. The van der Waals surface area contributed by atoms with Crippen LogP contribution in [0.3, 0.4) is 0 Å². The van der Waals surface area contributed by atoms with Crippen LogP contribution in [0.15, 0.2) is 4.52 Å². The fourth-order valence-corrected chi connectivity index (χ4v) is 1.74. The van der Waals surface area contributed by atoms with Gasteiger partial charge < -0.3 is 14.7 Å². The van der Waals surface area contributed by atoms with E-state index >= 15 is 0 Å². The van der Waals surface area contributed by atoms with E-state index in [9.17, 15) is 0 Å². The molecular weight excluding hydrogens is 222 g/mol. The maximum atomic E-state index is 8.95. The standard InChI is InChI=1S/C11H19N3O3/c15-6-1-4-14(5-7-16)8-10-12-11(13-17-10)9-2-3-9/h9,15-16H,1-8H2. The Labute approximate surface area is 100 Å². The summed E-state index contributed by atoms with van der Waals surface area (Å²) in [7, 11) is 0. The van der Waals surface area contributed by atoms with Crippen LogP contribution in [0, 0.1) is 0 Å². The van der Waals surface area contributed by atoms with Gasteiger partial charge in [-0.15, -0.1) is 0 Å². The maximum Gasteiger partial charge on any atom is 0.240 e. The molecule has 0 unspecified atom stereocenters. The van der Waals surface area contributed by atoms with Crippen molar-refractivity contribution in [2.45, 2.75) is 31.7 Å². The summed E-state index contributed by atoms with van der Waals surface area (Å²) < 4.78 is 5.18. The van der Waals surface area contributed by atoms with Crippen LogP contribution in [-0.4, -0.2) is 51.6 Å². The summed E-state index contributed by atoms with van der Waals surface area (Å²) in [6.45, 7) is 2.06. The van der Waals surface area contributed by atoms with Crippen molar-refractivity contribution in [2.75, 3.05) is 26.3 Å². The highest BCUT2D eigenvalue weighted by atomic mass is 16.5. The summed E-state index contributed by atoms with van der Waals surface area (Å²) in [5.74, 6) is 1.90. The molecule has 1 aromatic rings. The highest BCUT2D eigenvalue weighted by molar-refractivity contribution is 5.03.